The Morgan fingerprint density at radius 1 is 0.750 bits per heavy atom. The second-order valence-corrected chi connectivity index (χ2v) is 5.29. The minimum absolute atomic E-state index is 0.919. The molecule has 1 saturated heterocycles. The highest BCUT2D eigenvalue weighted by molar-refractivity contribution is 4.58. The first-order chi connectivity index (χ1) is 7.93. The van der Waals surface area contributed by atoms with Crippen LogP contribution in [0.4, 0.5) is 0 Å². The zero-order chi connectivity index (χ0) is 11.5. The van der Waals surface area contributed by atoms with Crippen molar-refractivity contribution >= 4 is 0 Å². The third-order valence-corrected chi connectivity index (χ3v) is 3.90. The summed E-state index contributed by atoms with van der Waals surface area (Å²) < 4.78 is 5.71. The van der Waals surface area contributed by atoms with Crippen molar-refractivity contribution in [3.05, 3.63) is 0 Å². The summed E-state index contributed by atoms with van der Waals surface area (Å²) in [5, 5.41) is 0. The minimum Gasteiger partial charge on any atom is -0.381 e. The van der Waals surface area contributed by atoms with Gasteiger partial charge in [0, 0.05) is 13.2 Å². The smallest absolute Gasteiger partial charge is 0.0468 e. The van der Waals surface area contributed by atoms with Crippen LogP contribution in [0.2, 0.25) is 0 Å². The SMILES string of the molecule is CCC1CCCCCCCCCCOCC1. The normalized spacial score (nSPS) is 27.2. The van der Waals surface area contributed by atoms with Gasteiger partial charge < -0.3 is 4.74 Å². The lowest BCUT2D eigenvalue weighted by atomic mass is 9.95. The van der Waals surface area contributed by atoms with E-state index >= 15 is 0 Å². The molecule has 0 amide bonds. The predicted octanol–water partition coefficient (Wildman–Crippen LogP) is 4.94. The summed E-state index contributed by atoms with van der Waals surface area (Å²) in [5.41, 5.74) is 0. The molecule has 1 unspecified atom stereocenters. The van der Waals surface area contributed by atoms with Crippen molar-refractivity contribution in [3.8, 4) is 0 Å². The zero-order valence-corrected chi connectivity index (χ0v) is 11.2. The van der Waals surface area contributed by atoms with E-state index in [-0.39, 0.29) is 0 Å². The third-order valence-electron chi connectivity index (χ3n) is 3.90. The lowest BCUT2D eigenvalue weighted by Gasteiger charge is -2.15. The van der Waals surface area contributed by atoms with E-state index in [2.05, 4.69) is 6.92 Å². The lowest BCUT2D eigenvalue weighted by Crippen LogP contribution is -2.06. The van der Waals surface area contributed by atoms with Crippen molar-refractivity contribution in [1.29, 1.82) is 0 Å². The van der Waals surface area contributed by atoms with Gasteiger partial charge in [0.2, 0.25) is 0 Å². The van der Waals surface area contributed by atoms with E-state index < -0.39 is 0 Å². The van der Waals surface area contributed by atoms with Crippen molar-refractivity contribution in [2.45, 2.75) is 77.6 Å². The van der Waals surface area contributed by atoms with Crippen LogP contribution >= 0.6 is 0 Å². The van der Waals surface area contributed by atoms with Crippen LogP contribution in [0, 0.1) is 5.92 Å². The fourth-order valence-electron chi connectivity index (χ4n) is 2.60. The first kappa shape index (κ1) is 14.0. The summed E-state index contributed by atoms with van der Waals surface area (Å²) in [6.07, 6.45) is 15.4. The van der Waals surface area contributed by atoms with Crippen LogP contribution in [-0.2, 0) is 4.74 Å². The van der Waals surface area contributed by atoms with Crippen LogP contribution in [0.3, 0.4) is 0 Å². The Kier molecular flexibility index (Phi) is 8.88. The molecule has 0 aromatic rings. The van der Waals surface area contributed by atoms with Crippen LogP contribution in [0.15, 0.2) is 0 Å². The van der Waals surface area contributed by atoms with Crippen molar-refractivity contribution in [2.75, 3.05) is 13.2 Å². The van der Waals surface area contributed by atoms with Crippen LogP contribution in [-0.4, -0.2) is 13.2 Å². The van der Waals surface area contributed by atoms with Gasteiger partial charge in [-0.2, -0.15) is 0 Å². The molecule has 1 rings (SSSR count). The summed E-state index contributed by atoms with van der Waals surface area (Å²) >= 11 is 0. The summed E-state index contributed by atoms with van der Waals surface area (Å²) in [4.78, 5) is 0. The first-order valence-corrected chi connectivity index (χ1v) is 7.51. The summed E-state index contributed by atoms with van der Waals surface area (Å²) in [7, 11) is 0. The maximum Gasteiger partial charge on any atom is 0.0468 e. The van der Waals surface area contributed by atoms with Crippen molar-refractivity contribution < 1.29 is 4.74 Å². The van der Waals surface area contributed by atoms with Crippen LogP contribution in [0.5, 0.6) is 0 Å². The molecule has 0 aromatic heterocycles. The highest BCUT2D eigenvalue weighted by Crippen LogP contribution is 2.19. The van der Waals surface area contributed by atoms with Crippen molar-refractivity contribution in [1.82, 2.24) is 0 Å². The molecule has 0 N–H and O–H groups in total. The zero-order valence-electron chi connectivity index (χ0n) is 11.2. The molecule has 1 heterocycles. The molecule has 1 fully saturated rings. The van der Waals surface area contributed by atoms with E-state index in [9.17, 15) is 0 Å². The molecule has 0 aromatic carbocycles. The largest absolute Gasteiger partial charge is 0.381 e. The average molecular weight is 226 g/mol. The van der Waals surface area contributed by atoms with Gasteiger partial charge in [0.25, 0.3) is 0 Å². The number of rotatable bonds is 1. The summed E-state index contributed by atoms with van der Waals surface area (Å²) in [5.74, 6) is 0.919. The second-order valence-electron chi connectivity index (χ2n) is 5.29. The molecule has 0 spiro atoms. The number of hydrogen-bond acceptors (Lipinski definition) is 1. The summed E-state index contributed by atoms with van der Waals surface area (Å²) in [6.45, 7) is 4.32. The Morgan fingerprint density at radius 2 is 1.38 bits per heavy atom. The van der Waals surface area contributed by atoms with Gasteiger partial charge in [-0.1, -0.05) is 64.7 Å². The fraction of sp³-hybridized carbons (Fsp3) is 1.00. The van der Waals surface area contributed by atoms with Gasteiger partial charge in [-0.15, -0.1) is 0 Å². The van der Waals surface area contributed by atoms with Gasteiger partial charge in [-0.25, -0.2) is 0 Å². The monoisotopic (exact) mass is 226 g/mol. The van der Waals surface area contributed by atoms with E-state index in [1.54, 1.807) is 0 Å². The van der Waals surface area contributed by atoms with Crippen molar-refractivity contribution in [3.63, 3.8) is 0 Å². The molecule has 1 nitrogen and oxygen atoms in total. The third kappa shape index (κ3) is 7.27. The minimum atomic E-state index is 0.919. The Bertz CT molecular complexity index is 130. The van der Waals surface area contributed by atoms with Gasteiger partial charge in [0.05, 0.1) is 0 Å². The molecule has 0 radical (unpaired) electrons. The van der Waals surface area contributed by atoms with Crippen LogP contribution in [0.1, 0.15) is 77.6 Å². The molecule has 0 saturated carbocycles. The van der Waals surface area contributed by atoms with Gasteiger partial charge in [-0.3, -0.25) is 0 Å². The molecule has 0 aliphatic carbocycles. The number of ether oxygens (including phenoxy) is 1. The molecular weight excluding hydrogens is 196 g/mol. The van der Waals surface area contributed by atoms with Crippen molar-refractivity contribution in [2.24, 2.45) is 5.92 Å². The maximum absolute atomic E-state index is 5.71. The molecule has 1 atom stereocenters. The molecule has 1 heteroatoms. The fourth-order valence-corrected chi connectivity index (χ4v) is 2.60. The van der Waals surface area contributed by atoms with E-state index in [4.69, 9.17) is 4.74 Å². The van der Waals surface area contributed by atoms with Crippen LogP contribution in [0.25, 0.3) is 0 Å². The average Bonchev–Trinajstić information content (AvgIpc) is 2.32. The topological polar surface area (TPSA) is 9.23 Å². The van der Waals surface area contributed by atoms with Gasteiger partial charge in [0.15, 0.2) is 0 Å². The van der Waals surface area contributed by atoms with E-state index in [0.717, 1.165) is 19.1 Å². The maximum atomic E-state index is 5.71. The van der Waals surface area contributed by atoms with Gasteiger partial charge in [0.1, 0.15) is 0 Å². The summed E-state index contributed by atoms with van der Waals surface area (Å²) in [6, 6.07) is 0. The standard InChI is InChI=1S/C15H30O/c1-2-15-11-9-7-5-3-4-6-8-10-13-16-14-12-15/h15H,2-14H2,1H3. The molecule has 96 valence electrons. The van der Waals surface area contributed by atoms with Gasteiger partial charge in [-0.05, 0) is 18.8 Å². The highest BCUT2D eigenvalue weighted by atomic mass is 16.5. The Balaban J connectivity index is 2.16. The lowest BCUT2D eigenvalue weighted by molar-refractivity contribution is 0.113. The Labute approximate surface area is 102 Å². The molecule has 0 bridgehead atoms. The molecule has 1 aliphatic rings. The Hall–Kier alpha value is -0.0400. The van der Waals surface area contributed by atoms with E-state index in [1.165, 1.54) is 70.6 Å². The molecule has 16 heavy (non-hydrogen) atoms. The van der Waals surface area contributed by atoms with E-state index in [1.807, 2.05) is 0 Å². The number of hydrogen-bond donors (Lipinski definition) is 0. The predicted molar refractivity (Wildman–Crippen MR) is 70.8 cm³/mol. The van der Waals surface area contributed by atoms with Crippen LogP contribution < -0.4 is 0 Å². The molecule has 1 aliphatic heterocycles. The Morgan fingerprint density at radius 3 is 2.06 bits per heavy atom. The van der Waals surface area contributed by atoms with E-state index in [0.29, 0.717) is 0 Å². The molecular formula is C15H30O. The highest BCUT2D eigenvalue weighted by Gasteiger charge is 2.06. The second kappa shape index (κ2) is 10.1. The quantitative estimate of drug-likeness (QED) is 0.615. The first-order valence-electron chi connectivity index (χ1n) is 7.51. The van der Waals surface area contributed by atoms with Gasteiger partial charge >= 0.3 is 0 Å².